The van der Waals surface area contributed by atoms with Gasteiger partial charge in [-0.1, -0.05) is 48.5 Å². The van der Waals surface area contributed by atoms with Gasteiger partial charge in [-0.05, 0) is 54.3 Å². The molecule has 1 heterocycles. The van der Waals surface area contributed by atoms with Crippen LogP contribution in [0.1, 0.15) is 40.0 Å². The van der Waals surface area contributed by atoms with Crippen LogP contribution in [0.4, 0.5) is 14.9 Å². The molecule has 0 bridgehead atoms. The first kappa shape index (κ1) is 20.6. The molecule has 2 amide bonds. The monoisotopic (exact) mass is 418 g/mol. The summed E-state index contributed by atoms with van der Waals surface area (Å²) >= 11 is 0. The van der Waals surface area contributed by atoms with Gasteiger partial charge in [0.1, 0.15) is 5.82 Å². The lowest BCUT2D eigenvalue weighted by atomic mass is 9.88. The van der Waals surface area contributed by atoms with Crippen molar-refractivity contribution in [1.82, 2.24) is 4.90 Å². The summed E-state index contributed by atoms with van der Waals surface area (Å²) in [5.74, 6) is -0.815. The van der Waals surface area contributed by atoms with Crippen LogP contribution in [-0.2, 0) is 11.2 Å². The lowest BCUT2D eigenvalue weighted by Gasteiger charge is -2.37. The van der Waals surface area contributed by atoms with Crippen molar-refractivity contribution in [3.63, 3.8) is 0 Å². The summed E-state index contributed by atoms with van der Waals surface area (Å²) in [6.07, 6.45) is 0.709. The van der Waals surface area contributed by atoms with E-state index in [0.717, 1.165) is 16.7 Å². The van der Waals surface area contributed by atoms with Crippen LogP contribution < -0.4 is 5.32 Å². The molecule has 1 aliphatic heterocycles. The van der Waals surface area contributed by atoms with Crippen molar-refractivity contribution in [2.45, 2.75) is 19.4 Å². The van der Waals surface area contributed by atoms with Crippen molar-refractivity contribution in [3.05, 3.63) is 101 Å². The summed E-state index contributed by atoms with van der Waals surface area (Å²) in [6.45, 7) is 2.47. The number of ether oxygens (including phenoxy) is 1. The van der Waals surface area contributed by atoms with Crippen LogP contribution in [0.2, 0.25) is 0 Å². The van der Waals surface area contributed by atoms with E-state index in [-0.39, 0.29) is 24.5 Å². The number of fused-ring (bicyclic) bond motifs is 1. The summed E-state index contributed by atoms with van der Waals surface area (Å²) in [5, 5.41) is 2.87. The van der Waals surface area contributed by atoms with Crippen molar-refractivity contribution in [3.8, 4) is 0 Å². The van der Waals surface area contributed by atoms with Gasteiger partial charge in [-0.3, -0.25) is 0 Å². The first-order valence-electron chi connectivity index (χ1n) is 10.3. The van der Waals surface area contributed by atoms with E-state index in [4.69, 9.17) is 4.74 Å². The van der Waals surface area contributed by atoms with E-state index >= 15 is 0 Å². The maximum Gasteiger partial charge on any atom is 0.340 e. The maximum atomic E-state index is 13.5. The molecule has 6 heteroatoms. The highest BCUT2D eigenvalue weighted by Crippen LogP contribution is 2.35. The predicted octanol–water partition coefficient (Wildman–Crippen LogP) is 5.18. The van der Waals surface area contributed by atoms with Crippen LogP contribution in [0.5, 0.6) is 0 Å². The number of benzene rings is 3. The molecule has 4 rings (SSSR count). The number of rotatable bonds is 4. The minimum Gasteiger partial charge on any atom is -0.462 e. The number of esters is 1. The summed E-state index contributed by atoms with van der Waals surface area (Å²) in [5.41, 5.74) is 3.68. The molecule has 1 aliphatic rings. The summed E-state index contributed by atoms with van der Waals surface area (Å²) in [4.78, 5) is 27.4. The van der Waals surface area contributed by atoms with Crippen molar-refractivity contribution < 1.29 is 18.7 Å². The highest BCUT2D eigenvalue weighted by atomic mass is 19.1. The highest BCUT2D eigenvalue weighted by molar-refractivity contribution is 6.01. The Morgan fingerprint density at radius 1 is 1.03 bits per heavy atom. The fourth-order valence-electron chi connectivity index (χ4n) is 3.96. The second-order valence-corrected chi connectivity index (χ2v) is 7.29. The van der Waals surface area contributed by atoms with Crippen LogP contribution in [0.25, 0.3) is 0 Å². The molecule has 158 valence electrons. The second-order valence-electron chi connectivity index (χ2n) is 7.29. The molecule has 5 nitrogen and oxygen atoms in total. The minimum atomic E-state index is -0.488. The van der Waals surface area contributed by atoms with Crippen molar-refractivity contribution in [2.24, 2.45) is 0 Å². The number of hydrogen-bond donors (Lipinski definition) is 1. The van der Waals surface area contributed by atoms with Gasteiger partial charge in [-0.2, -0.15) is 0 Å². The number of hydrogen-bond acceptors (Lipinski definition) is 3. The van der Waals surface area contributed by atoms with Crippen molar-refractivity contribution >= 4 is 17.7 Å². The van der Waals surface area contributed by atoms with Crippen LogP contribution in [0.15, 0.2) is 72.8 Å². The van der Waals surface area contributed by atoms with Crippen LogP contribution in [0, 0.1) is 5.82 Å². The Morgan fingerprint density at radius 3 is 2.52 bits per heavy atom. The van der Waals surface area contributed by atoms with E-state index in [9.17, 15) is 14.0 Å². The number of carbonyl (C=O) groups is 2. The Morgan fingerprint density at radius 2 is 1.74 bits per heavy atom. The molecule has 0 spiro atoms. The number of nitrogens with one attached hydrogen (secondary N) is 1. The van der Waals surface area contributed by atoms with Gasteiger partial charge in [0.2, 0.25) is 0 Å². The lowest BCUT2D eigenvalue weighted by molar-refractivity contribution is 0.0527. The average molecular weight is 418 g/mol. The van der Waals surface area contributed by atoms with Crippen molar-refractivity contribution in [1.29, 1.82) is 0 Å². The number of carbonyl (C=O) groups excluding carboxylic acids is 2. The molecule has 31 heavy (non-hydrogen) atoms. The normalized spacial score (nSPS) is 15.2. The SMILES string of the molecule is CCOC(=O)c1ccccc1NC(=O)N1CCc2ccccc2[C@H]1c1ccc(F)cc1. The summed E-state index contributed by atoms with van der Waals surface area (Å²) in [6, 6.07) is 20.3. The number of nitrogens with zero attached hydrogens (tertiary/aromatic N) is 1. The molecule has 0 fully saturated rings. The van der Waals surface area contributed by atoms with Crippen LogP contribution in [0.3, 0.4) is 0 Å². The molecule has 0 saturated carbocycles. The minimum absolute atomic E-state index is 0.247. The Kier molecular flexibility index (Phi) is 5.98. The number of urea groups is 1. The second kappa shape index (κ2) is 9.00. The fraction of sp³-hybridized carbons (Fsp3) is 0.200. The Bertz CT molecular complexity index is 1100. The third kappa shape index (κ3) is 4.28. The van der Waals surface area contributed by atoms with Gasteiger partial charge < -0.3 is 15.0 Å². The van der Waals surface area contributed by atoms with Gasteiger partial charge in [0.15, 0.2) is 0 Å². The molecular formula is C25H23FN2O3. The van der Waals surface area contributed by atoms with Crippen LogP contribution in [-0.4, -0.2) is 30.1 Å². The number of anilines is 1. The predicted molar refractivity (Wildman–Crippen MR) is 117 cm³/mol. The molecule has 0 saturated heterocycles. The van der Waals surface area contributed by atoms with Gasteiger partial charge in [0, 0.05) is 6.54 Å². The Balaban J connectivity index is 1.67. The fourth-order valence-corrected chi connectivity index (χ4v) is 3.96. The van der Waals surface area contributed by atoms with E-state index in [0.29, 0.717) is 24.2 Å². The molecule has 1 N–H and O–H groups in total. The zero-order chi connectivity index (χ0) is 21.8. The number of amides is 2. The molecule has 0 unspecified atom stereocenters. The third-order valence-electron chi connectivity index (χ3n) is 5.39. The van der Waals surface area contributed by atoms with Gasteiger partial charge in [-0.25, -0.2) is 14.0 Å². The van der Waals surface area contributed by atoms with E-state index < -0.39 is 5.97 Å². The van der Waals surface area contributed by atoms with E-state index in [1.165, 1.54) is 12.1 Å². The first-order chi connectivity index (χ1) is 15.1. The van der Waals surface area contributed by atoms with E-state index in [2.05, 4.69) is 11.4 Å². The molecule has 1 atom stereocenters. The number of para-hydroxylation sites is 1. The highest BCUT2D eigenvalue weighted by Gasteiger charge is 2.32. The smallest absolute Gasteiger partial charge is 0.340 e. The van der Waals surface area contributed by atoms with Crippen molar-refractivity contribution in [2.75, 3.05) is 18.5 Å². The quantitative estimate of drug-likeness (QED) is 0.594. The third-order valence-corrected chi connectivity index (χ3v) is 5.39. The Labute approximate surface area is 180 Å². The standard InChI is InChI=1S/C25H23FN2O3/c1-2-31-24(29)21-9-5-6-10-22(21)27-25(30)28-16-15-17-7-3-4-8-20(17)23(28)18-11-13-19(26)14-12-18/h3-14,23H,2,15-16H2,1H3,(H,27,30)/t23-/m1/s1. The first-order valence-corrected chi connectivity index (χ1v) is 10.3. The van der Waals surface area contributed by atoms with Gasteiger partial charge in [0.05, 0.1) is 23.9 Å². The van der Waals surface area contributed by atoms with E-state index in [1.54, 1.807) is 48.2 Å². The molecular weight excluding hydrogens is 395 g/mol. The summed E-state index contributed by atoms with van der Waals surface area (Å²) in [7, 11) is 0. The van der Waals surface area contributed by atoms with E-state index in [1.807, 2.05) is 18.2 Å². The van der Waals surface area contributed by atoms with Gasteiger partial charge in [0.25, 0.3) is 0 Å². The molecule has 3 aromatic carbocycles. The maximum absolute atomic E-state index is 13.5. The summed E-state index contributed by atoms with van der Waals surface area (Å²) < 4.78 is 18.6. The lowest BCUT2D eigenvalue weighted by Crippen LogP contribution is -2.43. The van der Waals surface area contributed by atoms with Gasteiger partial charge in [-0.15, -0.1) is 0 Å². The zero-order valence-corrected chi connectivity index (χ0v) is 17.2. The topological polar surface area (TPSA) is 58.6 Å². The largest absolute Gasteiger partial charge is 0.462 e. The Hall–Kier alpha value is -3.67. The van der Waals surface area contributed by atoms with Gasteiger partial charge >= 0.3 is 12.0 Å². The molecule has 0 aromatic heterocycles. The molecule has 0 aliphatic carbocycles. The average Bonchev–Trinajstić information content (AvgIpc) is 2.79. The zero-order valence-electron chi connectivity index (χ0n) is 17.2. The van der Waals surface area contributed by atoms with Crippen LogP contribution >= 0.6 is 0 Å². The number of halogens is 1. The molecule has 3 aromatic rings. The molecule has 0 radical (unpaired) electrons.